The average molecular weight is 334 g/mol. The van der Waals surface area contributed by atoms with Crippen LogP contribution in [0.15, 0.2) is 42.5 Å². The van der Waals surface area contributed by atoms with Gasteiger partial charge in [0, 0.05) is 38.3 Å². The number of hydrogen-bond donors (Lipinski definition) is 0. The van der Waals surface area contributed by atoms with Crippen molar-refractivity contribution in [3.05, 3.63) is 70.3 Å². The van der Waals surface area contributed by atoms with Crippen LogP contribution in [0.2, 0.25) is 0 Å². The molecule has 1 amide bonds. The van der Waals surface area contributed by atoms with Crippen molar-refractivity contribution in [2.24, 2.45) is 0 Å². The topological polar surface area (TPSA) is 23.6 Å². The van der Waals surface area contributed by atoms with Gasteiger partial charge in [0.1, 0.15) is 0 Å². The second kappa shape index (κ2) is 7.01. The number of hydrogen-bond acceptors (Lipinski definition) is 2. The Kier molecular flexibility index (Phi) is 4.58. The Labute approximate surface area is 150 Å². The molecular formula is C22H26N2O. The summed E-state index contributed by atoms with van der Waals surface area (Å²) in [6.07, 6.45) is 3.52. The van der Waals surface area contributed by atoms with Gasteiger partial charge in [-0.1, -0.05) is 30.3 Å². The molecule has 0 bridgehead atoms. The van der Waals surface area contributed by atoms with Crippen LogP contribution in [-0.2, 0) is 19.4 Å². The molecule has 1 aliphatic carbocycles. The van der Waals surface area contributed by atoms with Gasteiger partial charge in [0.25, 0.3) is 5.91 Å². The van der Waals surface area contributed by atoms with Crippen LogP contribution in [-0.4, -0.2) is 41.9 Å². The SMILES string of the molecule is Cc1ccccc1CN1CCN(C(=O)c2ccc3c(c2)CCC3)CC1. The zero-order valence-corrected chi connectivity index (χ0v) is 15.0. The normalized spacial score (nSPS) is 17.6. The molecule has 0 radical (unpaired) electrons. The van der Waals surface area contributed by atoms with E-state index in [-0.39, 0.29) is 5.91 Å². The van der Waals surface area contributed by atoms with Crippen LogP contribution in [0.1, 0.15) is 39.0 Å². The maximum atomic E-state index is 12.8. The zero-order valence-electron chi connectivity index (χ0n) is 15.0. The van der Waals surface area contributed by atoms with E-state index >= 15 is 0 Å². The molecule has 0 spiro atoms. The Morgan fingerprint density at radius 2 is 1.72 bits per heavy atom. The van der Waals surface area contributed by atoms with Gasteiger partial charge in [0.15, 0.2) is 0 Å². The Balaban J connectivity index is 1.37. The number of fused-ring (bicyclic) bond motifs is 1. The standard InChI is InChI=1S/C22H26N2O/c1-17-5-2-3-6-21(17)16-23-11-13-24(14-12-23)22(25)20-10-9-18-7-4-8-19(18)15-20/h2-3,5-6,9-10,15H,4,7-8,11-14,16H2,1H3. The van der Waals surface area contributed by atoms with E-state index in [1.54, 1.807) is 0 Å². The molecule has 0 saturated carbocycles. The molecule has 2 aliphatic rings. The minimum atomic E-state index is 0.199. The predicted octanol–water partition coefficient (Wildman–Crippen LogP) is 3.44. The third kappa shape index (κ3) is 3.47. The highest BCUT2D eigenvalue weighted by molar-refractivity contribution is 5.94. The second-order valence-electron chi connectivity index (χ2n) is 7.33. The van der Waals surface area contributed by atoms with E-state index in [4.69, 9.17) is 0 Å². The van der Waals surface area contributed by atoms with Gasteiger partial charge in [-0.2, -0.15) is 0 Å². The van der Waals surface area contributed by atoms with Crippen LogP contribution in [0.25, 0.3) is 0 Å². The van der Waals surface area contributed by atoms with E-state index in [2.05, 4.69) is 48.2 Å². The van der Waals surface area contributed by atoms with Crippen molar-refractivity contribution < 1.29 is 4.79 Å². The minimum Gasteiger partial charge on any atom is -0.336 e. The summed E-state index contributed by atoms with van der Waals surface area (Å²) in [5, 5.41) is 0. The van der Waals surface area contributed by atoms with Crippen LogP contribution < -0.4 is 0 Å². The average Bonchev–Trinajstić information content (AvgIpc) is 3.11. The van der Waals surface area contributed by atoms with Crippen molar-refractivity contribution in [3.63, 3.8) is 0 Å². The van der Waals surface area contributed by atoms with Crippen LogP contribution in [0.4, 0.5) is 0 Å². The maximum Gasteiger partial charge on any atom is 0.253 e. The highest BCUT2D eigenvalue weighted by Crippen LogP contribution is 2.23. The summed E-state index contributed by atoms with van der Waals surface area (Å²) in [6.45, 7) is 6.69. The van der Waals surface area contributed by atoms with Crippen molar-refractivity contribution in [2.75, 3.05) is 26.2 Å². The summed E-state index contributed by atoms with van der Waals surface area (Å²) >= 11 is 0. The number of rotatable bonds is 3. The molecule has 25 heavy (non-hydrogen) atoms. The Bertz CT molecular complexity index is 775. The third-order valence-corrected chi connectivity index (χ3v) is 5.66. The van der Waals surface area contributed by atoms with Gasteiger partial charge in [-0.3, -0.25) is 9.69 Å². The van der Waals surface area contributed by atoms with Crippen LogP contribution >= 0.6 is 0 Å². The molecule has 4 rings (SSSR count). The van der Waals surface area contributed by atoms with Gasteiger partial charge in [0.2, 0.25) is 0 Å². The number of nitrogens with zero attached hydrogens (tertiary/aromatic N) is 2. The fourth-order valence-electron chi connectivity index (χ4n) is 4.02. The van der Waals surface area contributed by atoms with Crippen molar-refractivity contribution in [2.45, 2.75) is 32.7 Å². The molecule has 130 valence electrons. The minimum absolute atomic E-state index is 0.199. The lowest BCUT2D eigenvalue weighted by molar-refractivity contribution is 0.0628. The molecule has 1 aliphatic heterocycles. The first kappa shape index (κ1) is 16.3. The summed E-state index contributed by atoms with van der Waals surface area (Å²) in [5.74, 6) is 0.199. The molecule has 3 nitrogen and oxygen atoms in total. The van der Waals surface area contributed by atoms with Gasteiger partial charge in [-0.05, 0) is 60.6 Å². The number of aryl methyl sites for hydroxylation is 3. The van der Waals surface area contributed by atoms with Crippen LogP contribution in [0.5, 0.6) is 0 Å². The maximum absolute atomic E-state index is 12.8. The van der Waals surface area contributed by atoms with E-state index in [9.17, 15) is 4.79 Å². The first-order valence-corrected chi connectivity index (χ1v) is 9.38. The lowest BCUT2D eigenvalue weighted by Gasteiger charge is -2.35. The second-order valence-corrected chi connectivity index (χ2v) is 7.33. The van der Waals surface area contributed by atoms with Crippen LogP contribution in [0, 0.1) is 6.92 Å². The van der Waals surface area contributed by atoms with Gasteiger partial charge >= 0.3 is 0 Å². The summed E-state index contributed by atoms with van der Waals surface area (Å²) < 4.78 is 0. The monoisotopic (exact) mass is 334 g/mol. The smallest absolute Gasteiger partial charge is 0.253 e. The summed E-state index contributed by atoms with van der Waals surface area (Å²) in [5.41, 5.74) is 6.41. The summed E-state index contributed by atoms with van der Waals surface area (Å²) in [4.78, 5) is 17.3. The van der Waals surface area contributed by atoms with Crippen molar-refractivity contribution in [3.8, 4) is 0 Å². The van der Waals surface area contributed by atoms with Gasteiger partial charge in [-0.25, -0.2) is 0 Å². The fourth-order valence-corrected chi connectivity index (χ4v) is 4.02. The molecule has 1 heterocycles. The first-order valence-electron chi connectivity index (χ1n) is 9.38. The van der Waals surface area contributed by atoms with Crippen molar-refractivity contribution >= 4 is 5.91 Å². The molecule has 0 aromatic heterocycles. The number of piperazine rings is 1. The van der Waals surface area contributed by atoms with E-state index in [0.717, 1.165) is 44.7 Å². The largest absolute Gasteiger partial charge is 0.336 e. The molecule has 2 aromatic carbocycles. The molecule has 2 aromatic rings. The molecular weight excluding hydrogens is 308 g/mol. The third-order valence-electron chi connectivity index (χ3n) is 5.66. The number of carbonyl (C=O) groups is 1. The quantitative estimate of drug-likeness (QED) is 0.858. The van der Waals surface area contributed by atoms with Gasteiger partial charge < -0.3 is 4.90 Å². The molecule has 3 heteroatoms. The van der Waals surface area contributed by atoms with Crippen LogP contribution in [0.3, 0.4) is 0 Å². The summed E-state index contributed by atoms with van der Waals surface area (Å²) in [6, 6.07) is 14.9. The first-order chi connectivity index (χ1) is 12.2. The summed E-state index contributed by atoms with van der Waals surface area (Å²) in [7, 11) is 0. The van der Waals surface area contributed by atoms with Crippen molar-refractivity contribution in [1.82, 2.24) is 9.80 Å². The van der Waals surface area contributed by atoms with Gasteiger partial charge in [0.05, 0.1) is 0 Å². The Morgan fingerprint density at radius 3 is 2.52 bits per heavy atom. The fraction of sp³-hybridized carbons (Fsp3) is 0.409. The highest BCUT2D eigenvalue weighted by atomic mass is 16.2. The lowest BCUT2D eigenvalue weighted by Crippen LogP contribution is -2.48. The predicted molar refractivity (Wildman–Crippen MR) is 101 cm³/mol. The molecule has 0 atom stereocenters. The number of carbonyl (C=O) groups excluding carboxylic acids is 1. The highest BCUT2D eigenvalue weighted by Gasteiger charge is 2.23. The van der Waals surface area contributed by atoms with Crippen molar-refractivity contribution in [1.29, 1.82) is 0 Å². The number of benzene rings is 2. The number of amides is 1. The molecule has 1 fully saturated rings. The molecule has 1 saturated heterocycles. The molecule has 0 unspecified atom stereocenters. The van der Waals surface area contributed by atoms with E-state index in [0.29, 0.717) is 0 Å². The lowest BCUT2D eigenvalue weighted by atomic mass is 10.1. The Hall–Kier alpha value is -2.13. The Morgan fingerprint density at radius 1 is 0.960 bits per heavy atom. The van der Waals surface area contributed by atoms with Gasteiger partial charge in [-0.15, -0.1) is 0 Å². The van der Waals surface area contributed by atoms with E-state index in [1.165, 1.54) is 35.1 Å². The van der Waals surface area contributed by atoms with E-state index < -0.39 is 0 Å². The zero-order chi connectivity index (χ0) is 17.2. The molecule has 0 N–H and O–H groups in total. The van der Waals surface area contributed by atoms with E-state index in [1.807, 2.05) is 11.0 Å².